The molecule has 2 heterocycles. The third kappa shape index (κ3) is 3.19. The molecule has 0 spiro atoms. The van der Waals surface area contributed by atoms with Crippen LogP contribution in [-0.2, 0) is 0 Å². The molecule has 0 radical (unpaired) electrons. The van der Waals surface area contributed by atoms with Gasteiger partial charge in [0.2, 0.25) is 5.88 Å². The number of nitrogens with zero attached hydrogens (tertiary/aromatic N) is 2. The molecule has 21 heavy (non-hydrogen) atoms. The van der Waals surface area contributed by atoms with E-state index in [9.17, 15) is 10.2 Å². The standard InChI is InChI=1S/C16H20N2O3/c19-14-10-12-4-5-17-16(13(12)11-15(14)20)21-9-8-18-6-2-1-3-7-18/h4-5,10-11,19-20H,1-3,6-9H2. The van der Waals surface area contributed by atoms with Crippen LogP contribution in [0.2, 0.25) is 0 Å². The molecule has 5 heteroatoms. The number of piperidine rings is 1. The van der Waals surface area contributed by atoms with Gasteiger partial charge in [-0.3, -0.25) is 4.90 Å². The van der Waals surface area contributed by atoms with Gasteiger partial charge in [-0.05, 0) is 49.5 Å². The minimum Gasteiger partial charge on any atom is -0.504 e. The second-order valence-corrected chi connectivity index (χ2v) is 5.43. The number of phenols is 2. The van der Waals surface area contributed by atoms with Crippen molar-refractivity contribution in [3.05, 3.63) is 24.4 Å². The average molecular weight is 288 g/mol. The number of fused-ring (bicyclic) bond motifs is 1. The molecule has 1 aliphatic heterocycles. The fourth-order valence-corrected chi connectivity index (χ4v) is 2.74. The molecule has 3 rings (SSSR count). The molecule has 0 aliphatic carbocycles. The first-order valence-corrected chi connectivity index (χ1v) is 7.40. The van der Waals surface area contributed by atoms with Crippen molar-refractivity contribution in [3.63, 3.8) is 0 Å². The molecule has 1 saturated heterocycles. The van der Waals surface area contributed by atoms with Crippen LogP contribution in [0.15, 0.2) is 24.4 Å². The summed E-state index contributed by atoms with van der Waals surface area (Å²) in [7, 11) is 0. The number of pyridine rings is 1. The van der Waals surface area contributed by atoms with Crippen LogP contribution in [0.3, 0.4) is 0 Å². The molecule has 0 saturated carbocycles. The smallest absolute Gasteiger partial charge is 0.221 e. The highest BCUT2D eigenvalue weighted by Crippen LogP contribution is 2.33. The zero-order chi connectivity index (χ0) is 14.7. The molecule has 1 aromatic heterocycles. The van der Waals surface area contributed by atoms with Crippen molar-refractivity contribution in [2.24, 2.45) is 0 Å². The number of ether oxygens (including phenoxy) is 1. The summed E-state index contributed by atoms with van der Waals surface area (Å²) in [5.74, 6) is 0.212. The van der Waals surface area contributed by atoms with Crippen molar-refractivity contribution in [2.75, 3.05) is 26.2 Å². The summed E-state index contributed by atoms with van der Waals surface area (Å²) in [5, 5.41) is 20.7. The average Bonchev–Trinajstić information content (AvgIpc) is 2.50. The Hall–Kier alpha value is -2.01. The monoisotopic (exact) mass is 288 g/mol. The summed E-state index contributed by atoms with van der Waals surface area (Å²) >= 11 is 0. The van der Waals surface area contributed by atoms with Gasteiger partial charge in [-0.1, -0.05) is 6.42 Å². The van der Waals surface area contributed by atoms with E-state index in [2.05, 4.69) is 9.88 Å². The Morgan fingerprint density at radius 3 is 2.67 bits per heavy atom. The highest BCUT2D eigenvalue weighted by molar-refractivity contribution is 5.89. The highest BCUT2D eigenvalue weighted by atomic mass is 16.5. The zero-order valence-corrected chi connectivity index (χ0v) is 12.0. The fraction of sp³-hybridized carbons (Fsp3) is 0.438. The van der Waals surface area contributed by atoms with E-state index in [-0.39, 0.29) is 11.5 Å². The van der Waals surface area contributed by atoms with E-state index in [1.807, 2.05) is 0 Å². The third-order valence-electron chi connectivity index (χ3n) is 3.92. The summed E-state index contributed by atoms with van der Waals surface area (Å²) in [6.07, 6.45) is 5.50. The van der Waals surface area contributed by atoms with Gasteiger partial charge in [0, 0.05) is 18.1 Å². The van der Waals surface area contributed by atoms with E-state index in [4.69, 9.17) is 4.74 Å². The quantitative estimate of drug-likeness (QED) is 0.846. The van der Waals surface area contributed by atoms with Gasteiger partial charge in [0.25, 0.3) is 0 Å². The number of hydrogen-bond donors (Lipinski definition) is 2. The molecule has 2 N–H and O–H groups in total. The first-order valence-electron chi connectivity index (χ1n) is 7.40. The van der Waals surface area contributed by atoms with E-state index in [1.54, 1.807) is 12.3 Å². The SMILES string of the molecule is Oc1cc2ccnc(OCCN3CCCCC3)c2cc1O. The van der Waals surface area contributed by atoms with E-state index in [1.165, 1.54) is 31.4 Å². The first-order chi connectivity index (χ1) is 10.2. The van der Waals surface area contributed by atoms with Crippen molar-refractivity contribution < 1.29 is 14.9 Å². The molecule has 0 atom stereocenters. The van der Waals surface area contributed by atoms with Crippen LogP contribution in [0.5, 0.6) is 17.4 Å². The molecule has 112 valence electrons. The largest absolute Gasteiger partial charge is 0.504 e. The van der Waals surface area contributed by atoms with E-state index in [0.717, 1.165) is 25.0 Å². The summed E-state index contributed by atoms with van der Waals surface area (Å²) < 4.78 is 5.77. The minimum absolute atomic E-state index is 0.132. The fourth-order valence-electron chi connectivity index (χ4n) is 2.74. The molecule has 0 amide bonds. The van der Waals surface area contributed by atoms with Crippen molar-refractivity contribution in [1.29, 1.82) is 0 Å². The third-order valence-corrected chi connectivity index (χ3v) is 3.92. The van der Waals surface area contributed by atoms with Gasteiger partial charge in [0.05, 0.1) is 0 Å². The summed E-state index contributed by atoms with van der Waals surface area (Å²) in [6, 6.07) is 4.80. The van der Waals surface area contributed by atoms with Gasteiger partial charge in [0.15, 0.2) is 11.5 Å². The maximum atomic E-state index is 9.63. The maximum Gasteiger partial charge on any atom is 0.221 e. The lowest BCUT2D eigenvalue weighted by Crippen LogP contribution is -2.33. The molecule has 5 nitrogen and oxygen atoms in total. The highest BCUT2D eigenvalue weighted by Gasteiger charge is 2.11. The predicted molar refractivity (Wildman–Crippen MR) is 80.9 cm³/mol. The van der Waals surface area contributed by atoms with Crippen molar-refractivity contribution in [1.82, 2.24) is 9.88 Å². The lowest BCUT2D eigenvalue weighted by atomic mass is 10.1. The van der Waals surface area contributed by atoms with Gasteiger partial charge >= 0.3 is 0 Å². The number of aromatic nitrogens is 1. The minimum atomic E-state index is -0.156. The van der Waals surface area contributed by atoms with Gasteiger partial charge in [0.1, 0.15) is 6.61 Å². The van der Waals surface area contributed by atoms with Crippen LogP contribution in [0, 0.1) is 0 Å². The van der Waals surface area contributed by atoms with Crippen LogP contribution in [0.1, 0.15) is 19.3 Å². The first kappa shape index (κ1) is 13.9. The molecule has 0 bridgehead atoms. The lowest BCUT2D eigenvalue weighted by molar-refractivity contribution is 0.181. The van der Waals surface area contributed by atoms with Crippen LogP contribution in [-0.4, -0.2) is 46.3 Å². The summed E-state index contributed by atoms with van der Waals surface area (Å²) in [6.45, 7) is 3.75. The zero-order valence-electron chi connectivity index (χ0n) is 12.0. The molecule has 1 fully saturated rings. The van der Waals surface area contributed by atoms with Crippen molar-refractivity contribution in [3.8, 4) is 17.4 Å². The van der Waals surface area contributed by atoms with Crippen LogP contribution >= 0.6 is 0 Å². The Morgan fingerprint density at radius 1 is 1.10 bits per heavy atom. The molecule has 0 unspecified atom stereocenters. The topological polar surface area (TPSA) is 65.8 Å². The number of phenolic OH excluding ortho intramolecular Hbond substituents is 2. The molecule has 1 aliphatic rings. The normalized spacial score (nSPS) is 16.2. The number of benzene rings is 1. The molecular weight excluding hydrogens is 268 g/mol. The lowest BCUT2D eigenvalue weighted by Gasteiger charge is -2.26. The number of hydrogen-bond acceptors (Lipinski definition) is 5. The molecule has 1 aromatic carbocycles. The molecular formula is C16H20N2O3. The van der Waals surface area contributed by atoms with E-state index >= 15 is 0 Å². The second kappa shape index (κ2) is 6.18. The van der Waals surface area contributed by atoms with E-state index in [0.29, 0.717) is 17.9 Å². The van der Waals surface area contributed by atoms with Gasteiger partial charge < -0.3 is 14.9 Å². The van der Waals surface area contributed by atoms with Gasteiger partial charge in [-0.2, -0.15) is 0 Å². The van der Waals surface area contributed by atoms with Crippen LogP contribution in [0.25, 0.3) is 10.8 Å². The van der Waals surface area contributed by atoms with Crippen molar-refractivity contribution >= 4 is 10.8 Å². The Balaban J connectivity index is 1.70. The molecule has 2 aromatic rings. The Morgan fingerprint density at radius 2 is 1.86 bits per heavy atom. The Labute approximate surface area is 123 Å². The number of aromatic hydroxyl groups is 2. The maximum absolute atomic E-state index is 9.63. The second-order valence-electron chi connectivity index (χ2n) is 5.43. The van der Waals surface area contributed by atoms with Crippen LogP contribution in [0.4, 0.5) is 0 Å². The number of rotatable bonds is 4. The summed E-state index contributed by atoms with van der Waals surface area (Å²) in [4.78, 5) is 6.63. The summed E-state index contributed by atoms with van der Waals surface area (Å²) in [5.41, 5.74) is 0. The van der Waals surface area contributed by atoms with Gasteiger partial charge in [-0.15, -0.1) is 0 Å². The van der Waals surface area contributed by atoms with E-state index < -0.39 is 0 Å². The Kier molecular flexibility index (Phi) is 4.10. The van der Waals surface area contributed by atoms with Crippen molar-refractivity contribution in [2.45, 2.75) is 19.3 Å². The van der Waals surface area contributed by atoms with Crippen LogP contribution < -0.4 is 4.74 Å². The predicted octanol–water partition coefficient (Wildman–Crippen LogP) is 2.51. The number of likely N-dealkylation sites (tertiary alicyclic amines) is 1. The Bertz CT molecular complexity index is 624. The van der Waals surface area contributed by atoms with Gasteiger partial charge in [-0.25, -0.2) is 4.98 Å².